The van der Waals surface area contributed by atoms with E-state index < -0.39 is 24.1 Å². The molecule has 0 heterocycles. The van der Waals surface area contributed by atoms with Crippen molar-refractivity contribution in [2.75, 3.05) is 19.7 Å². The van der Waals surface area contributed by atoms with Crippen LogP contribution in [0, 0.1) is 11.8 Å². The van der Waals surface area contributed by atoms with E-state index in [1.165, 1.54) is 0 Å². The van der Waals surface area contributed by atoms with Gasteiger partial charge in [-0.1, -0.05) is 55.0 Å². The average molecular weight is 467 g/mol. The quantitative estimate of drug-likeness (QED) is 0.427. The fraction of sp³-hybridized carbons (Fsp3) is 0.423. The molecular weight excluding hydrogens is 436 g/mol. The van der Waals surface area contributed by atoms with Gasteiger partial charge in [-0.15, -0.1) is 0 Å². The number of hydrogen-bond donors (Lipinski definition) is 4. The second kappa shape index (κ2) is 10.7. The van der Waals surface area contributed by atoms with Crippen LogP contribution in [0.3, 0.4) is 0 Å². The average Bonchev–Trinajstić information content (AvgIpc) is 3.12. The molecule has 0 bridgehead atoms. The van der Waals surface area contributed by atoms with Crippen LogP contribution in [-0.4, -0.2) is 54.0 Å². The third-order valence-electron chi connectivity index (χ3n) is 6.87. The van der Waals surface area contributed by atoms with Crippen LogP contribution in [0.5, 0.6) is 0 Å². The number of alkyl carbamates (subject to hydrolysis) is 1. The van der Waals surface area contributed by atoms with Crippen LogP contribution in [0.15, 0.2) is 48.5 Å². The van der Waals surface area contributed by atoms with Gasteiger partial charge in [0.1, 0.15) is 6.61 Å². The Morgan fingerprint density at radius 2 is 1.59 bits per heavy atom. The molecule has 180 valence electrons. The molecule has 2 aliphatic rings. The Labute approximate surface area is 198 Å². The molecule has 2 aromatic rings. The van der Waals surface area contributed by atoms with Gasteiger partial charge in [-0.3, -0.25) is 4.79 Å². The summed E-state index contributed by atoms with van der Waals surface area (Å²) in [5, 5.41) is 23.5. The molecule has 2 aliphatic carbocycles. The normalized spacial score (nSPS) is 16.5. The first-order valence-corrected chi connectivity index (χ1v) is 11.7. The number of carboxylic acid groups (broad SMARTS) is 1. The van der Waals surface area contributed by atoms with Crippen LogP contribution < -0.4 is 10.6 Å². The molecular formula is C26H30N2O6. The lowest BCUT2D eigenvalue weighted by Crippen LogP contribution is -2.45. The number of fused-ring (bicyclic) bond motifs is 3. The zero-order valence-corrected chi connectivity index (χ0v) is 18.9. The standard InChI is InChI=1S/C26H30N2O6/c29-23(25(31)32)12-13-27-24(30)21(16-6-5-7-16)14-28-26(33)34-15-22-19-10-3-1-8-17(19)18-9-2-4-11-20(18)22/h1-4,8-11,16,21-23,29H,5-7,12-15H2,(H,27,30)(H,28,33)(H,31,32)/t21?,23-/m0/s1. The summed E-state index contributed by atoms with van der Waals surface area (Å²) in [6, 6.07) is 16.2. The van der Waals surface area contributed by atoms with Crippen LogP contribution >= 0.6 is 0 Å². The zero-order chi connectivity index (χ0) is 24.1. The minimum atomic E-state index is -1.51. The Hall–Kier alpha value is -3.39. The molecule has 4 rings (SSSR count). The number of carbonyl (C=O) groups excluding carboxylic acids is 2. The largest absolute Gasteiger partial charge is 0.479 e. The molecule has 0 radical (unpaired) electrons. The highest BCUT2D eigenvalue weighted by Gasteiger charge is 2.33. The van der Waals surface area contributed by atoms with Gasteiger partial charge in [-0.25, -0.2) is 9.59 Å². The van der Waals surface area contributed by atoms with Gasteiger partial charge in [-0.05, 0) is 41.0 Å². The topological polar surface area (TPSA) is 125 Å². The van der Waals surface area contributed by atoms with E-state index in [2.05, 4.69) is 34.9 Å². The molecule has 2 atom stereocenters. The first kappa shape index (κ1) is 23.8. The van der Waals surface area contributed by atoms with E-state index in [0.29, 0.717) is 0 Å². The number of aliphatic hydroxyl groups excluding tert-OH is 1. The molecule has 8 heteroatoms. The predicted molar refractivity (Wildman–Crippen MR) is 125 cm³/mol. The summed E-state index contributed by atoms with van der Waals surface area (Å²) in [6.07, 6.45) is 0.696. The second-order valence-corrected chi connectivity index (χ2v) is 8.94. The van der Waals surface area contributed by atoms with Gasteiger partial charge in [0.05, 0.1) is 5.92 Å². The molecule has 34 heavy (non-hydrogen) atoms. The maximum absolute atomic E-state index is 12.7. The van der Waals surface area contributed by atoms with Crippen molar-refractivity contribution in [1.29, 1.82) is 0 Å². The highest BCUT2D eigenvalue weighted by molar-refractivity contribution is 5.81. The van der Waals surface area contributed by atoms with E-state index >= 15 is 0 Å². The molecule has 4 N–H and O–H groups in total. The van der Waals surface area contributed by atoms with Crippen molar-refractivity contribution in [3.63, 3.8) is 0 Å². The minimum absolute atomic E-state index is 0.0375. The van der Waals surface area contributed by atoms with Gasteiger partial charge >= 0.3 is 12.1 Å². The van der Waals surface area contributed by atoms with Crippen LogP contribution in [0.2, 0.25) is 0 Å². The Morgan fingerprint density at radius 1 is 0.971 bits per heavy atom. The number of rotatable bonds is 10. The fourth-order valence-corrected chi connectivity index (χ4v) is 4.75. The number of benzene rings is 2. The van der Waals surface area contributed by atoms with Crippen LogP contribution in [0.25, 0.3) is 11.1 Å². The number of hydrogen-bond acceptors (Lipinski definition) is 5. The molecule has 0 spiro atoms. The van der Waals surface area contributed by atoms with Crippen LogP contribution in [-0.2, 0) is 14.3 Å². The Kier molecular flexibility index (Phi) is 7.47. The number of amides is 2. The number of nitrogens with one attached hydrogen (secondary N) is 2. The molecule has 1 fully saturated rings. The Morgan fingerprint density at radius 3 is 2.15 bits per heavy atom. The molecule has 8 nitrogen and oxygen atoms in total. The number of carboxylic acids is 1. The van der Waals surface area contributed by atoms with Crippen molar-refractivity contribution in [2.45, 2.75) is 37.7 Å². The lowest BCUT2D eigenvalue weighted by atomic mass is 9.75. The number of aliphatic hydroxyl groups is 1. The van der Waals surface area contributed by atoms with Crippen LogP contribution in [0.1, 0.15) is 42.7 Å². The molecule has 2 amide bonds. The summed E-state index contributed by atoms with van der Waals surface area (Å²) in [4.78, 5) is 35.9. The first-order chi connectivity index (χ1) is 16.5. The van der Waals surface area contributed by atoms with Crippen molar-refractivity contribution in [1.82, 2.24) is 10.6 Å². The SMILES string of the molecule is O=C(NCC(C(=O)NCC[C@H](O)C(=O)O)C1CCC1)OCC1c2ccccc2-c2ccccc21. The second-order valence-electron chi connectivity index (χ2n) is 8.94. The third kappa shape index (κ3) is 5.22. The van der Waals surface area contributed by atoms with E-state index in [1.807, 2.05) is 24.3 Å². The highest BCUT2D eigenvalue weighted by Crippen LogP contribution is 2.44. The Bertz CT molecular complexity index is 1010. The van der Waals surface area contributed by atoms with Crippen molar-refractivity contribution < 1.29 is 29.3 Å². The van der Waals surface area contributed by atoms with Gasteiger partial charge in [0, 0.05) is 25.4 Å². The van der Waals surface area contributed by atoms with E-state index in [0.717, 1.165) is 41.5 Å². The maximum atomic E-state index is 12.7. The number of aliphatic carboxylic acids is 1. The van der Waals surface area contributed by atoms with E-state index in [-0.39, 0.29) is 43.9 Å². The van der Waals surface area contributed by atoms with Gasteiger partial charge in [0.15, 0.2) is 6.10 Å². The minimum Gasteiger partial charge on any atom is -0.479 e. The zero-order valence-electron chi connectivity index (χ0n) is 18.9. The summed E-state index contributed by atoms with van der Waals surface area (Å²) in [5.41, 5.74) is 4.57. The highest BCUT2D eigenvalue weighted by atomic mass is 16.5. The maximum Gasteiger partial charge on any atom is 0.407 e. The van der Waals surface area contributed by atoms with Crippen molar-refractivity contribution >= 4 is 18.0 Å². The van der Waals surface area contributed by atoms with Gasteiger partial charge < -0.3 is 25.6 Å². The number of carbonyl (C=O) groups is 3. The molecule has 0 aliphatic heterocycles. The van der Waals surface area contributed by atoms with E-state index in [1.54, 1.807) is 0 Å². The predicted octanol–water partition coefficient (Wildman–Crippen LogP) is 2.89. The molecule has 0 aromatic heterocycles. The summed E-state index contributed by atoms with van der Waals surface area (Å²) in [5.74, 6) is -1.86. The van der Waals surface area contributed by atoms with E-state index in [4.69, 9.17) is 9.84 Å². The molecule has 1 unspecified atom stereocenters. The van der Waals surface area contributed by atoms with E-state index in [9.17, 15) is 19.5 Å². The fourth-order valence-electron chi connectivity index (χ4n) is 4.75. The smallest absolute Gasteiger partial charge is 0.407 e. The van der Waals surface area contributed by atoms with Crippen molar-refractivity contribution in [3.05, 3.63) is 59.7 Å². The molecule has 2 aromatic carbocycles. The third-order valence-corrected chi connectivity index (χ3v) is 6.87. The summed E-state index contributed by atoms with van der Waals surface area (Å²) >= 11 is 0. The van der Waals surface area contributed by atoms with Crippen molar-refractivity contribution in [2.24, 2.45) is 11.8 Å². The monoisotopic (exact) mass is 466 g/mol. The van der Waals surface area contributed by atoms with Gasteiger partial charge in [-0.2, -0.15) is 0 Å². The number of ether oxygens (including phenoxy) is 1. The molecule has 0 saturated heterocycles. The van der Waals surface area contributed by atoms with Gasteiger partial charge in [0.25, 0.3) is 0 Å². The lowest BCUT2D eigenvalue weighted by Gasteiger charge is -2.33. The summed E-state index contributed by atoms with van der Waals surface area (Å²) in [7, 11) is 0. The Balaban J connectivity index is 1.30. The van der Waals surface area contributed by atoms with Crippen molar-refractivity contribution in [3.8, 4) is 11.1 Å². The first-order valence-electron chi connectivity index (χ1n) is 11.7. The van der Waals surface area contributed by atoms with Crippen LogP contribution in [0.4, 0.5) is 4.79 Å². The summed E-state index contributed by atoms with van der Waals surface area (Å²) < 4.78 is 5.56. The summed E-state index contributed by atoms with van der Waals surface area (Å²) in [6.45, 7) is 0.405. The molecule has 1 saturated carbocycles. The lowest BCUT2D eigenvalue weighted by molar-refractivity contribution is -0.147. The van der Waals surface area contributed by atoms with Gasteiger partial charge in [0.2, 0.25) is 5.91 Å².